The summed E-state index contributed by atoms with van der Waals surface area (Å²) < 4.78 is 7.53. The highest BCUT2D eigenvalue weighted by Gasteiger charge is 2.12. The largest absolute Gasteiger partial charge is 0.494 e. The summed E-state index contributed by atoms with van der Waals surface area (Å²) in [7, 11) is 0. The van der Waals surface area contributed by atoms with Gasteiger partial charge in [-0.05, 0) is 59.2 Å². The molecule has 37 heavy (non-hydrogen) atoms. The second kappa shape index (κ2) is 11.4. The molecule has 0 aliphatic rings. The Hall–Kier alpha value is -4.71. The van der Waals surface area contributed by atoms with Crippen LogP contribution in [0.4, 0.5) is 0 Å². The van der Waals surface area contributed by atoms with Crippen LogP contribution in [0.25, 0.3) is 27.7 Å². The van der Waals surface area contributed by atoms with Crippen molar-refractivity contribution >= 4 is 22.9 Å². The highest BCUT2D eigenvalue weighted by atomic mass is 16.5. The van der Waals surface area contributed by atoms with Crippen molar-refractivity contribution in [2.45, 2.75) is 19.8 Å². The first-order valence-electron chi connectivity index (χ1n) is 12.4. The number of rotatable bonds is 9. The van der Waals surface area contributed by atoms with Crippen LogP contribution in [0.3, 0.4) is 0 Å². The second-order valence-electron chi connectivity index (χ2n) is 8.69. The number of nitrogens with one attached hydrogen (secondary N) is 1. The molecule has 0 atom stereocenters. The summed E-state index contributed by atoms with van der Waals surface area (Å²) in [5.74, 6) is 0.644. The Morgan fingerprint density at radius 3 is 2.51 bits per heavy atom. The number of hydrazone groups is 1. The van der Waals surface area contributed by atoms with Crippen molar-refractivity contribution in [3.8, 4) is 22.7 Å². The Morgan fingerprint density at radius 1 is 0.946 bits per heavy atom. The van der Waals surface area contributed by atoms with Crippen molar-refractivity contribution in [1.82, 2.24) is 15.2 Å². The molecule has 0 fully saturated rings. The fourth-order valence-electron chi connectivity index (χ4n) is 4.18. The fourth-order valence-corrected chi connectivity index (χ4v) is 4.18. The van der Waals surface area contributed by atoms with E-state index in [1.54, 1.807) is 6.21 Å². The minimum absolute atomic E-state index is 0.179. The molecule has 4 aromatic carbocycles. The number of amides is 1. The summed E-state index contributed by atoms with van der Waals surface area (Å²) in [6.45, 7) is 2.76. The minimum Gasteiger partial charge on any atom is -0.494 e. The summed E-state index contributed by atoms with van der Waals surface area (Å²) in [6, 6.07) is 31.8. The first-order chi connectivity index (χ1) is 18.2. The zero-order chi connectivity index (χ0) is 25.5. The molecule has 0 bridgehead atoms. The average Bonchev–Trinajstić information content (AvgIpc) is 3.37. The monoisotopic (exact) mass is 488 g/mol. The quantitative estimate of drug-likeness (QED) is 0.199. The SMILES string of the molecule is CCCOc1ccc(-c2nn(-c3ccccc3)cc2C=NNC(=O)Cc2cccc3ccccc23)cc1. The number of ether oxygens (including phenoxy) is 1. The van der Waals surface area contributed by atoms with Crippen LogP contribution in [-0.2, 0) is 11.2 Å². The van der Waals surface area contributed by atoms with Gasteiger partial charge in [-0.1, -0.05) is 67.6 Å². The molecule has 0 saturated heterocycles. The van der Waals surface area contributed by atoms with Gasteiger partial charge in [0, 0.05) is 17.3 Å². The van der Waals surface area contributed by atoms with Crippen LogP contribution in [0.5, 0.6) is 5.75 Å². The Bertz CT molecular complexity index is 1520. The molecule has 1 heterocycles. The van der Waals surface area contributed by atoms with E-state index in [0.717, 1.165) is 51.0 Å². The van der Waals surface area contributed by atoms with E-state index in [1.807, 2.05) is 108 Å². The number of carbonyl (C=O) groups is 1. The van der Waals surface area contributed by atoms with Gasteiger partial charge < -0.3 is 4.74 Å². The van der Waals surface area contributed by atoms with Crippen LogP contribution in [0.1, 0.15) is 24.5 Å². The van der Waals surface area contributed by atoms with E-state index < -0.39 is 0 Å². The Labute approximate surface area is 216 Å². The van der Waals surface area contributed by atoms with Crippen LogP contribution >= 0.6 is 0 Å². The number of carbonyl (C=O) groups excluding carboxylic acids is 1. The van der Waals surface area contributed by atoms with E-state index in [-0.39, 0.29) is 12.3 Å². The smallest absolute Gasteiger partial charge is 0.244 e. The van der Waals surface area contributed by atoms with Gasteiger partial charge in [-0.15, -0.1) is 0 Å². The third-order valence-corrected chi connectivity index (χ3v) is 5.99. The maximum atomic E-state index is 12.7. The van der Waals surface area contributed by atoms with Gasteiger partial charge in [0.15, 0.2) is 0 Å². The number of para-hydroxylation sites is 1. The van der Waals surface area contributed by atoms with Crippen LogP contribution in [0.15, 0.2) is 108 Å². The number of hydrogen-bond donors (Lipinski definition) is 1. The maximum Gasteiger partial charge on any atom is 0.244 e. The van der Waals surface area contributed by atoms with Crippen molar-refractivity contribution in [3.63, 3.8) is 0 Å². The van der Waals surface area contributed by atoms with E-state index in [2.05, 4.69) is 17.5 Å². The summed E-state index contributed by atoms with van der Waals surface area (Å²) in [5.41, 5.74) is 7.06. The summed E-state index contributed by atoms with van der Waals surface area (Å²) in [4.78, 5) is 12.7. The Kier molecular flexibility index (Phi) is 7.36. The van der Waals surface area contributed by atoms with Gasteiger partial charge in [0.2, 0.25) is 5.91 Å². The highest BCUT2D eigenvalue weighted by Crippen LogP contribution is 2.25. The van der Waals surface area contributed by atoms with Gasteiger partial charge >= 0.3 is 0 Å². The molecular weight excluding hydrogens is 460 g/mol. The second-order valence-corrected chi connectivity index (χ2v) is 8.69. The molecule has 5 aromatic rings. The zero-order valence-corrected chi connectivity index (χ0v) is 20.7. The lowest BCUT2D eigenvalue weighted by Gasteiger charge is -2.06. The Morgan fingerprint density at radius 2 is 1.70 bits per heavy atom. The van der Waals surface area contributed by atoms with Gasteiger partial charge in [-0.25, -0.2) is 10.1 Å². The number of fused-ring (bicyclic) bond motifs is 1. The first kappa shape index (κ1) is 24.0. The first-order valence-corrected chi connectivity index (χ1v) is 12.4. The van der Waals surface area contributed by atoms with E-state index in [4.69, 9.17) is 9.84 Å². The normalized spacial score (nSPS) is 11.2. The molecule has 184 valence electrons. The van der Waals surface area contributed by atoms with E-state index in [1.165, 1.54) is 0 Å². The number of hydrogen-bond acceptors (Lipinski definition) is 4. The molecule has 1 aromatic heterocycles. The summed E-state index contributed by atoms with van der Waals surface area (Å²) in [5, 5.41) is 11.3. The lowest BCUT2D eigenvalue weighted by Crippen LogP contribution is -2.19. The third kappa shape index (κ3) is 5.76. The summed E-state index contributed by atoms with van der Waals surface area (Å²) in [6.07, 6.45) is 4.75. The molecule has 0 saturated carbocycles. The van der Waals surface area contributed by atoms with Gasteiger partial charge in [-0.3, -0.25) is 4.79 Å². The molecular formula is C31H28N4O2. The van der Waals surface area contributed by atoms with Crippen molar-refractivity contribution in [2.75, 3.05) is 6.61 Å². The minimum atomic E-state index is -0.179. The molecule has 1 amide bonds. The molecule has 0 radical (unpaired) electrons. The lowest BCUT2D eigenvalue weighted by molar-refractivity contribution is -0.120. The number of nitrogens with zero attached hydrogens (tertiary/aromatic N) is 3. The lowest BCUT2D eigenvalue weighted by atomic mass is 10.0. The zero-order valence-electron chi connectivity index (χ0n) is 20.7. The van der Waals surface area contributed by atoms with Crippen LogP contribution in [-0.4, -0.2) is 28.5 Å². The molecule has 0 aliphatic carbocycles. The summed E-state index contributed by atoms with van der Waals surface area (Å²) >= 11 is 0. The van der Waals surface area contributed by atoms with E-state index >= 15 is 0 Å². The molecule has 1 N–H and O–H groups in total. The topological polar surface area (TPSA) is 68.5 Å². The van der Waals surface area contributed by atoms with Crippen LogP contribution in [0, 0.1) is 0 Å². The molecule has 0 spiro atoms. The fraction of sp³-hybridized carbons (Fsp3) is 0.129. The van der Waals surface area contributed by atoms with Crippen molar-refractivity contribution in [2.24, 2.45) is 5.10 Å². The highest BCUT2D eigenvalue weighted by molar-refractivity contribution is 5.92. The number of benzene rings is 4. The molecule has 5 rings (SSSR count). The number of aromatic nitrogens is 2. The van der Waals surface area contributed by atoms with Gasteiger partial charge in [0.1, 0.15) is 11.4 Å². The van der Waals surface area contributed by atoms with Crippen LogP contribution in [0.2, 0.25) is 0 Å². The van der Waals surface area contributed by atoms with Crippen molar-refractivity contribution < 1.29 is 9.53 Å². The standard InChI is InChI=1S/C31H28N4O2/c1-2-19-37-28-17-15-24(16-18-28)31-26(22-35(34-31)27-12-4-3-5-13-27)21-32-33-30(36)20-25-11-8-10-23-9-6-7-14-29(23)25/h3-18,21-22H,2,19-20H2,1H3,(H,33,36). The average molecular weight is 489 g/mol. The van der Waals surface area contributed by atoms with E-state index in [0.29, 0.717) is 6.61 Å². The predicted octanol–water partition coefficient (Wildman–Crippen LogP) is 6.17. The van der Waals surface area contributed by atoms with Gasteiger partial charge in [-0.2, -0.15) is 10.2 Å². The predicted molar refractivity (Wildman–Crippen MR) is 148 cm³/mol. The molecule has 0 unspecified atom stereocenters. The van der Waals surface area contributed by atoms with E-state index in [9.17, 15) is 4.79 Å². The van der Waals surface area contributed by atoms with Crippen molar-refractivity contribution in [1.29, 1.82) is 0 Å². The van der Waals surface area contributed by atoms with Crippen molar-refractivity contribution in [3.05, 3.63) is 114 Å². The third-order valence-electron chi connectivity index (χ3n) is 5.99. The Balaban J connectivity index is 1.37. The van der Waals surface area contributed by atoms with Gasteiger partial charge in [0.05, 0.1) is 24.9 Å². The molecule has 6 heteroatoms. The van der Waals surface area contributed by atoms with Crippen LogP contribution < -0.4 is 10.2 Å². The van der Waals surface area contributed by atoms with Gasteiger partial charge in [0.25, 0.3) is 0 Å². The molecule has 6 nitrogen and oxygen atoms in total. The maximum absolute atomic E-state index is 12.7. The molecule has 0 aliphatic heterocycles.